The van der Waals surface area contributed by atoms with E-state index >= 15 is 0 Å². The van der Waals surface area contributed by atoms with E-state index in [0.29, 0.717) is 6.42 Å². The van der Waals surface area contributed by atoms with E-state index in [4.69, 9.17) is 4.84 Å². The second-order valence-corrected chi connectivity index (χ2v) is 10.7. The molecular formula is C21H33NO4. The average Bonchev–Trinajstić information content (AvgIpc) is 3.13. The molecule has 3 unspecified atom stereocenters. The maximum absolute atomic E-state index is 13.2. The zero-order valence-electron chi connectivity index (χ0n) is 17.1. The predicted molar refractivity (Wildman–Crippen MR) is 100 cm³/mol. The molecule has 3 atom stereocenters. The molecule has 5 nitrogen and oxygen atoms in total. The Morgan fingerprint density at radius 1 is 1.00 bits per heavy atom. The molecular weight excluding hydrogens is 330 g/mol. The van der Waals surface area contributed by atoms with Crippen LogP contribution in [0.4, 0.5) is 0 Å². The topological polar surface area (TPSA) is 71.7 Å². The van der Waals surface area contributed by atoms with Crippen LogP contribution in [0.2, 0.25) is 0 Å². The van der Waals surface area contributed by atoms with Gasteiger partial charge >= 0.3 is 5.97 Å². The van der Waals surface area contributed by atoms with Gasteiger partial charge in [-0.2, -0.15) is 0 Å². The quantitative estimate of drug-likeness (QED) is 0.816. The Bertz CT molecular complexity index is 701. The van der Waals surface area contributed by atoms with Gasteiger partial charge < -0.3 is 15.1 Å². The summed E-state index contributed by atoms with van der Waals surface area (Å²) >= 11 is 0. The van der Waals surface area contributed by atoms with Gasteiger partial charge in [0.05, 0.1) is 5.41 Å². The Hall–Kier alpha value is -1.65. The molecule has 2 aliphatic rings. The standard InChI is InChI=1S/C21H33NO4/c1-19(2,3)11-21(7,20(4,5)6)18(25)26-22-16(23)14-12-8-9-13(10-12)15(14)17(22)24/h12-13,23-24H,8-11H2,1-7H3. The molecule has 1 fully saturated rings. The van der Waals surface area contributed by atoms with E-state index in [0.717, 1.165) is 35.1 Å². The van der Waals surface area contributed by atoms with Crippen LogP contribution in [-0.2, 0) is 4.79 Å². The molecule has 3 rings (SSSR count). The minimum absolute atomic E-state index is 0.0668. The third-order valence-electron chi connectivity index (χ3n) is 6.57. The summed E-state index contributed by atoms with van der Waals surface area (Å²) in [6.45, 7) is 14.3. The van der Waals surface area contributed by atoms with Crippen LogP contribution < -0.4 is 4.84 Å². The lowest BCUT2D eigenvalue weighted by atomic mass is 9.61. The normalized spacial score (nSPS) is 24.4. The van der Waals surface area contributed by atoms with Gasteiger partial charge in [-0.05, 0) is 55.3 Å². The van der Waals surface area contributed by atoms with Crippen LogP contribution in [0.5, 0.6) is 11.8 Å². The monoisotopic (exact) mass is 363 g/mol. The third-order valence-corrected chi connectivity index (χ3v) is 6.57. The highest BCUT2D eigenvalue weighted by atomic mass is 16.7. The smallest absolute Gasteiger partial charge is 0.339 e. The molecule has 5 heteroatoms. The van der Waals surface area contributed by atoms with E-state index in [-0.39, 0.29) is 34.4 Å². The highest BCUT2D eigenvalue weighted by Gasteiger charge is 2.50. The molecule has 0 amide bonds. The van der Waals surface area contributed by atoms with Crippen LogP contribution in [0.1, 0.15) is 97.1 Å². The highest BCUT2D eigenvalue weighted by Crippen LogP contribution is 2.59. The lowest BCUT2D eigenvalue weighted by Gasteiger charge is -2.43. The number of aromatic hydroxyl groups is 2. The van der Waals surface area contributed by atoms with Crippen molar-refractivity contribution in [1.29, 1.82) is 0 Å². The maximum atomic E-state index is 13.2. The van der Waals surface area contributed by atoms with Crippen LogP contribution in [0, 0.1) is 16.2 Å². The Balaban J connectivity index is 1.95. The summed E-state index contributed by atoms with van der Waals surface area (Å²) in [4.78, 5) is 18.8. The van der Waals surface area contributed by atoms with Crippen LogP contribution >= 0.6 is 0 Å². The molecule has 1 aromatic heterocycles. The maximum Gasteiger partial charge on any atom is 0.339 e. The summed E-state index contributed by atoms with van der Waals surface area (Å²) in [5.41, 5.74) is 0.387. The Labute approximate surface area is 156 Å². The van der Waals surface area contributed by atoms with Crippen molar-refractivity contribution in [2.75, 3.05) is 0 Å². The van der Waals surface area contributed by atoms with Crippen LogP contribution in [0.3, 0.4) is 0 Å². The van der Waals surface area contributed by atoms with Crippen molar-refractivity contribution in [2.45, 2.75) is 86.0 Å². The minimum atomic E-state index is -0.766. The summed E-state index contributed by atoms with van der Waals surface area (Å²) in [5, 5.41) is 21.3. The van der Waals surface area contributed by atoms with Crippen LogP contribution in [0.15, 0.2) is 0 Å². The number of fused-ring (bicyclic) bond motifs is 5. The third kappa shape index (κ3) is 2.80. The number of hydrogen-bond donors (Lipinski definition) is 2. The molecule has 1 saturated carbocycles. The molecule has 2 aliphatic carbocycles. The molecule has 2 bridgehead atoms. The number of nitrogens with zero attached hydrogens (tertiary/aromatic N) is 1. The number of carbonyl (C=O) groups is 1. The summed E-state index contributed by atoms with van der Waals surface area (Å²) in [6, 6.07) is 0. The van der Waals surface area contributed by atoms with Gasteiger partial charge in [0.2, 0.25) is 11.8 Å². The first-order valence-corrected chi connectivity index (χ1v) is 9.65. The van der Waals surface area contributed by atoms with Crippen molar-refractivity contribution in [3.63, 3.8) is 0 Å². The van der Waals surface area contributed by atoms with Crippen molar-refractivity contribution >= 4 is 5.97 Å². The van der Waals surface area contributed by atoms with Crippen molar-refractivity contribution in [1.82, 2.24) is 4.73 Å². The SMILES string of the molecule is CC(C)(C)CC(C)(C(=O)On1c(O)c2c(c1O)C1CCC2C1)C(C)(C)C. The van der Waals surface area contributed by atoms with Crippen LogP contribution in [0.25, 0.3) is 0 Å². The van der Waals surface area contributed by atoms with Crippen molar-refractivity contribution < 1.29 is 19.8 Å². The number of aromatic nitrogens is 1. The molecule has 0 aliphatic heterocycles. The molecule has 2 N–H and O–H groups in total. The second-order valence-electron chi connectivity index (χ2n) is 10.7. The summed E-state index contributed by atoms with van der Waals surface area (Å²) < 4.78 is 0.962. The van der Waals surface area contributed by atoms with Crippen molar-refractivity contribution in [3.8, 4) is 11.8 Å². The lowest BCUT2D eigenvalue weighted by Crippen LogP contribution is -2.47. The minimum Gasteiger partial charge on any atom is -0.492 e. The van der Waals surface area contributed by atoms with E-state index in [9.17, 15) is 15.0 Å². The van der Waals surface area contributed by atoms with Crippen LogP contribution in [-0.4, -0.2) is 20.9 Å². The van der Waals surface area contributed by atoms with E-state index < -0.39 is 11.4 Å². The van der Waals surface area contributed by atoms with Crippen molar-refractivity contribution in [2.24, 2.45) is 16.2 Å². The first-order valence-electron chi connectivity index (χ1n) is 9.65. The number of hydrogen-bond acceptors (Lipinski definition) is 4. The summed E-state index contributed by atoms with van der Waals surface area (Å²) in [7, 11) is 0. The van der Waals surface area contributed by atoms with Gasteiger partial charge in [-0.25, -0.2) is 4.79 Å². The fourth-order valence-corrected chi connectivity index (χ4v) is 4.85. The molecule has 146 valence electrons. The van der Waals surface area contributed by atoms with Crippen molar-refractivity contribution in [3.05, 3.63) is 11.1 Å². The highest BCUT2D eigenvalue weighted by molar-refractivity contribution is 5.78. The summed E-state index contributed by atoms with van der Waals surface area (Å²) in [5.74, 6) is -0.101. The molecule has 1 heterocycles. The molecule has 0 saturated heterocycles. The van der Waals surface area contributed by atoms with Gasteiger partial charge in [0, 0.05) is 11.1 Å². The largest absolute Gasteiger partial charge is 0.492 e. The van der Waals surface area contributed by atoms with Gasteiger partial charge in [-0.3, -0.25) is 0 Å². The fourth-order valence-electron chi connectivity index (χ4n) is 4.85. The zero-order chi connectivity index (χ0) is 19.7. The first-order chi connectivity index (χ1) is 11.8. The Morgan fingerprint density at radius 2 is 1.46 bits per heavy atom. The van der Waals surface area contributed by atoms with E-state index in [2.05, 4.69) is 20.8 Å². The predicted octanol–water partition coefficient (Wildman–Crippen LogP) is 4.71. The molecule has 1 aromatic rings. The van der Waals surface area contributed by atoms with Gasteiger partial charge in [-0.1, -0.05) is 41.5 Å². The fraction of sp³-hybridized carbons (Fsp3) is 0.762. The van der Waals surface area contributed by atoms with Gasteiger partial charge in [0.25, 0.3) is 0 Å². The Morgan fingerprint density at radius 3 is 1.85 bits per heavy atom. The van der Waals surface area contributed by atoms with Gasteiger partial charge in [0.1, 0.15) is 0 Å². The molecule has 0 aromatic carbocycles. The molecule has 0 spiro atoms. The number of carbonyl (C=O) groups excluding carboxylic acids is 1. The molecule has 26 heavy (non-hydrogen) atoms. The first kappa shape index (κ1) is 19.1. The van der Waals surface area contributed by atoms with Gasteiger partial charge in [0.15, 0.2) is 0 Å². The molecule has 0 radical (unpaired) electrons. The van der Waals surface area contributed by atoms with E-state index in [1.807, 2.05) is 27.7 Å². The lowest BCUT2D eigenvalue weighted by molar-refractivity contribution is -0.166. The second kappa shape index (κ2) is 5.67. The van der Waals surface area contributed by atoms with E-state index in [1.54, 1.807) is 0 Å². The average molecular weight is 363 g/mol. The Kier molecular flexibility index (Phi) is 4.17. The van der Waals surface area contributed by atoms with E-state index in [1.165, 1.54) is 0 Å². The van der Waals surface area contributed by atoms with Gasteiger partial charge in [-0.15, -0.1) is 4.73 Å². The zero-order valence-corrected chi connectivity index (χ0v) is 17.1. The number of rotatable bonds is 3. The summed E-state index contributed by atoms with van der Waals surface area (Å²) in [6.07, 6.45) is 3.65.